The highest BCUT2D eigenvalue weighted by atomic mass is 35.5. The highest BCUT2D eigenvalue weighted by Gasteiger charge is 2.08. The second-order valence-electron chi connectivity index (χ2n) is 1.82. The van der Waals surface area contributed by atoms with E-state index in [0.29, 0.717) is 15.8 Å². The van der Waals surface area contributed by atoms with E-state index in [0.717, 1.165) is 0 Å². The lowest BCUT2D eigenvalue weighted by atomic mass is 10.3. The van der Waals surface area contributed by atoms with Gasteiger partial charge in [-0.15, -0.1) is 0 Å². The van der Waals surface area contributed by atoms with Crippen molar-refractivity contribution in [2.24, 2.45) is 0 Å². The van der Waals surface area contributed by atoms with Crippen molar-refractivity contribution in [2.75, 3.05) is 0 Å². The fourth-order valence-electron chi connectivity index (χ4n) is 0.641. The van der Waals surface area contributed by atoms with Crippen LogP contribution in [-0.4, -0.2) is 0 Å². The molecule has 0 saturated heterocycles. The Hall–Kier alpha value is -0.110. The molecule has 1 aromatic rings. The van der Waals surface area contributed by atoms with Gasteiger partial charge in [-0.05, 0) is 12.1 Å². The third-order valence-corrected chi connectivity index (χ3v) is 2.23. The fourth-order valence-corrected chi connectivity index (χ4v) is 1.27. The fraction of sp³-hybridized carbons (Fsp3) is 0. The van der Waals surface area contributed by atoms with Crippen LogP contribution in [0.5, 0.6) is 5.75 Å². The van der Waals surface area contributed by atoms with Gasteiger partial charge in [0.1, 0.15) is 12.1 Å². The van der Waals surface area contributed by atoms with Gasteiger partial charge in [0.2, 0.25) is 0 Å². The number of halogens is 3. The molecule has 0 N–H and O–H groups in total. The van der Waals surface area contributed by atoms with Crippen molar-refractivity contribution >= 4 is 34.8 Å². The maximum Gasteiger partial charge on any atom is 0.158 e. The standard InChI is InChI=1S/C7H4Cl3O/c1-11-7-5(9)3-2-4(8)6(7)10/h2-3H,1H2. The summed E-state index contributed by atoms with van der Waals surface area (Å²) in [7, 11) is 3.19. The van der Waals surface area contributed by atoms with Gasteiger partial charge in [0.05, 0.1) is 10.0 Å². The van der Waals surface area contributed by atoms with Crippen LogP contribution in [0.3, 0.4) is 0 Å². The van der Waals surface area contributed by atoms with Crippen molar-refractivity contribution in [2.45, 2.75) is 0 Å². The Bertz CT molecular complexity index is 273. The molecule has 1 nitrogen and oxygen atoms in total. The maximum atomic E-state index is 5.72. The minimum absolute atomic E-state index is 0.286. The lowest BCUT2D eigenvalue weighted by Gasteiger charge is -2.04. The van der Waals surface area contributed by atoms with Gasteiger partial charge in [-0.3, -0.25) is 0 Å². The van der Waals surface area contributed by atoms with E-state index in [-0.39, 0.29) is 5.02 Å². The first-order valence-corrected chi connectivity index (χ1v) is 3.85. The second kappa shape index (κ2) is 3.53. The minimum Gasteiger partial charge on any atom is -0.487 e. The molecule has 0 aliphatic carbocycles. The molecule has 0 fully saturated rings. The van der Waals surface area contributed by atoms with Crippen LogP contribution in [-0.2, 0) is 0 Å². The average Bonchev–Trinajstić information content (AvgIpc) is 1.99. The maximum absolute atomic E-state index is 5.72. The molecule has 0 aromatic heterocycles. The van der Waals surface area contributed by atoms with Crippen LogP contribution in [0.4, 0.5) is 0 Å². The molecule has 11 heavy (non-hydrogen) atoms. The molecular weight excluding hydrogens is 206 g/mol. The van der Waals surface area contributed by atoms with E-state index in [1.165, 1.54) is 0 Å². The number of ether oxygens (including phenoxy) is 1. The van der Waals surface area contributed by atoms with E-state index in [4.69, 9.17) is 34.8 Å². The topological polar surface area (TPSA) is 9.23 Å². The Labute approximate surface area is 79.8 Å². The molecule has 0 atom stereocenters. The molecular formula is C7H4Cl3O. The predicted octanol–water partition coefficient (Wildman–Crippen LogP) is 3.82. The smallest absolute Gasteiger partial charge is 0.158 e. The van der Waals surface area contributed by atoms with Crippen LogP contribution >= 0.6 is 34.8 Å². The highest BCUT2D eigenvalue weighted by molar-refractivity contribution is 6.44. The number of hydrogen-bond acceptors (Lipinski definition) is 1. The van der Waals surface area contributed by atoms with Crippen molar-refractivity contribution in [1.82, 2.24) is 0 Å². The van der Waals surface area contributed by atoms with Crippen molar-refractivity contribution in [1.29, 1.82) is 0 Å². The van der Waals surface area contributed by atoms with Crippen LogP contribution in [0.1, 0.15) is 0 Å². The SMILES string of the molecule is [CH2]Oc1c(Cl)ccc(Cl)c1Cl. The molecule has 1 radical (unpaired) electrons. The summed E-state index contributed by atoms with van der Waals surface area (Å²) in [5.74, 6) is 0.306. The summed E-state index contributed by atoms with van der Waals surface area (Å²) in [6, 6.07) is 3.19. The van der Waals surface area contributed by atoms with Gasteiger partial charge in [0, 0.05) is 0 Å². The lowest BCUT2D eigenvalue weighted by Crippen LogP contribution is -1.82. The van der Waals surface area contributed by atoms with Gasteiger partial charge in [-0.2, -0.15) is 0 Å². The zero-order valence-corrected chi connectivity index (χ0v) is 7.67. The van der Waals surface area contributed by atoms with E-state index in [1.54, 1.807) is 12.1 Å². The zero-order valence-electron chi connectivity index (χ0n) is 5.40. The first-order valence-electron chi connectivity index (χ1n) is 2.72. The molecule has 1 aromatic carbocycles. The molecule has 0 heterocycles. The van der Waals surface area contributed by atoms with Crippen molar-refractivity contribution in [3.63, 3.8) is 0 Å². The van der Waals surface area contributed by atoms with Gasteiger partial charge in [0.15, 0.2) is 5.75 Å². The third kappa shape index (κ3) is 1.73. The summed E-state index contributed by atoms with van der Waals surface area (Å²) in [4.78, 5) is 0. The minimum atomic E-state index is 0.286. The van der Waals surface area contributed by atoms with E-state index in [9.17, 15) is 0 Å². The van der Waals surface area contributed by atoms with E-state index < -0.39 is 0 Å². The van der Waals surface area contributed by atoms with Gasteiger partial charge in [-0.25, -0.2) is 0 Å². The first-order chi connectivity index (χ1) is 5.16. The van der Waals surface area contributed by atoms with Crippen LogP contribution < -0.4 is 4.74 Å². The second-order valence-corrected chi connectivity index (χ2v) is 3.01. The molecule has 0 bridgehead atoms. The van der Waals surface area contributed by atoms with Gasteiger partial charge in [-0.1, -0.05) is 34.8 Å². The summed E-state index contributed by atoms with van der Waals surface area (Å²) < 4.78 is 4.66. The van der Waals surface area contributed by atoms with Crippen molar-refractivity contribution < 1.29 is 4.74 Å². The van der Waals surface area contributed by atoms with Crippen LogP contribution in [0, 0.1) is 7.11 Å². The monoisotopic (exact) mass is 209 g/mol. The van der Waals surface area contributed by atoms with Crippen molar-refractivity contribution in [3.05, 3.63) is 34.3 Å². The van der Waals surface area contributed by atoms with E-state index in [2.05, 4.69) is 11.8 Å². The lowest BCUT2D eigenvalue weighted by molar-refractivity contribution is 0.473. The quantitative estimate of drug-likeness (QED) is 0.640. The summed E-state index contributed by atoms with van der Waals surface area (Å²) in [6.45, 7) is 0. The van der Waals surface area contributed by atoms with Gasteiger partial charge in [0.25, 0.3) is 0 Å². The van der Waals surface area contributed by atoms with E-state index >= 15 is 0 Å². The zero-order chi connectivity index (χ0) is 8.43. The third-order valence-electron chi connectivity index (χ3n) is 1.15. The molecule has 59 valence electrons. The Morgan fingerprint density at radius 2 is 1.64 bits per heavy atom. The van der Waals surface area contributed by atoms with Crippen molar-refractivity contribution in [3.8, 4) is 5.75 Å². The largest absolute Gasteiger partial charge is 0.487 e. The molecule has 0 aliphatic rings. The molecule has 0 aliphatic heterocycles. The number of rotatable bonds is 1. The molecule has 0 unspecified atom stereocenters. The summed E-state index contributed by atoms with van der Waals surface area (Å²) in [6.07, 6.45) is 0. The normalized spacial score (nSPS) is 9.82. The number of hydrogen-bond donors (Lipinski definition) is 0. The Balaban J connectivity index is 3.29. The average molecular weight is 210 g/mol. The summed E-state index contributed by atoms with van der Waals surface area (Å²) >= 11 is 17.1. The Morgan fingerprint density at radius 1 is 1.09 bits per heavy atom. The number of benzene rings is 1. The van der Waals surface area contributed by atoms with Crippen LogP contribution in [0.2, 0.25) is 15.1 Å². The Morgan fingerprint density at radius 3 is 2.09 bits per heavy atom. The van der Waals surface area contributed by atoms with Crippen LogP contribution in [0.15, 0.2) is 12.1 Å². The molecule has 0 amide bonds. The van der Waals surface area contributed by atoms with Gasteiger partial charge >= 0.3 is 0 Å². The van der Waals surface area contributed by atoms with Gasteiger partial charge < -0.3 is 4.74 Å². The molecule has 4 heteroatoms. The molecule has 1 rings (SSSR count). The molecule has 0 saturated carbocycles. The summed E-state index contributed by atoms with van der Waals surface area (Å²) in [5, 5.41) is 1.08. The predicted molar refractivity (Wildman–Crippen MR) is 47.5 cm³/mol. The van der Waals surface area contributed by atoms with Crippen LogP contribution in [0.25, 0.3) is 0 Å². The molecule has 0 spiro atoms. The van der Waals surface area contributed by atoms with E-state index in [1.807, 2.05) is 0 Å². The highest BCUT2D eigenvalue weighted by Crippen LogP contribution is 2.37. The Kier molecular flexibility index (Phi) is 2.88. The summed E-state index contributed by atoms with van der Waals surface area (Å²) in [5.41, 5.74) is 0. The first kappa shape index (κ1) is 8.98.